The van der Waals surface area contributed by atoms with Crippen molar-refractivity contribution >= 4 is 5.91 Å². The van der Waals surface area contributed by atoms with Crippen molar-refractivity contribution in [3.63, 3.8) is 0 Å². The summed E-state index contributed by atoms with van der Waals surface area (Å²) in [6.07, 6.45) is 0. The van der Waals surface area contributed by atoms with Crippen LogP contribution in [-0.4, -0.2) is 16.1 Å². The molecule has 0 atom stereocenters. The molecule has 0 bridgehead atoms. The molecule has 1 aromatic heterocycles. The standard InChI is InChI=1S/C17H10F2N4O2.C2H6/c18-13-3-1-2-10(6-13)9-21-15(24)17-23-22-16(25-17)11-4-5-14(19)12(7-11)8-20;1-2/h1-7H,9H2,(H,21,24);1-2H3. The summed E-state index contributed by atoms with van der Waals surface area (Å²) in [6, 6.07) is 11.2. The van der Waals surface area contributed by atoms with Gasteiger partial charge in [-0.15, -0.1) is 10.2 Å². The molecule has 0 saturated carbocycles. The summed E-state index contributed by atoms with van der Waals surface area (Å²) < 4.78 is 31.7. The highest BCUT2D eigenvalue weighted by Gasteiger charge is 2.16. The molecule has 0 fully saturated rings. The van der Waals surface area contributed by atoms with E-state index in [0.29, 0.717) is 11.1 Å². The lowest BCUT2D eigenvalue weighted by Gasteiger charge is -2.02. The molecule has 138 valence electrons. The van der Waals surface area contributed by atoms with Crippen LogP contribution in [0.2, 0.25) is 0 Å². The molecule has 0 unspecified atom stereocenters. The van der Waals surface area contributed by atoms with Crippen molar-refractivity contribution in [2.75, 3.05) is 0 Å². The van der Waals surface area contributed by atoms with Gasteiger partial charge in [0.25, 0.3) is 0 Å². The Morgan fingerprint density at radius 2 is 1.96 bits per heavy atom. The van der Waals surface area contributed by atoms with Crippen molar-refractivity contribution in [3.05, 3.63) is 71.1 Å². The molecule has 3 rings (SSSR count). The quantitative estimate of drug-likeness (QED) is 0.753. The summed E-state index contributed by atoms with van der Waals surface area (Å²) in [5, 5.41) is 18.7. The largest absolute Gasteiger partial charge is 0.412 e. The van der Waals surface area contributed by atoms with Crippen molar-refractivity contribution in [1.82, 2.24) is 15.5 Å². The molecule has 2 aromatic carbocycles. The minimum atomic E-state index is -0.668. The van der Waals surface area contributed by atoms with Gasteiger partial charge in [0.05, 0.1) is 5.56 Å². The van der Waals surface area contributed by atoms with E-state index >= 15 is 0 Å². The van der Waals surface area contributed by atoms with Crippen LogP contribution in [0.15, 0.2) is 46.9 Å². The van der Waals surface area contributed by atoms with Gasteiger partial charge in [0.15, 0.2) is 0 Å². The Morgan fingerprint density at radius 1 is 1.19 bits per heavy atom. The molecule has 0 radical (unpaired) electrons. The summed E-state index contributed by atoms with van der Waals surface area (Å²) >= 11 is 0. The third kappa shape index (κ3) is 4.95. The van der Waals surface area contributed by atoms with Crippen LogP contribution in [0, 0.1) is 23.0 Å². The number of carbonyl (C=O) groups excluding carboxylic acids is 1. The van der Waals surface area contributed by atoms with Crippen LogP contribution in [0.3, 0.4) is 0 Å². The van der Waals surface area contributed by atoms with E-state index in [4.69, 9.17) is 9.68 Å². The number of nitrogens with one attached hydrogen (secondary N) is 1. The van der Waals surface area contributed by atoms with E-state index < -0.39 is 17.5 Å². The Balaban J connectivity index is 0.00000126. The molecule has 0 aliphatic carbocycles. The highest BCUT2D eigenvalue weighted by Crippen LogP contribution is 2.20. The van der Waals surface area contributed by atoms with Crippen molar-refractivity contribution in [1.29, 1.82) is 5.26 Å². The van der Waals surface area contributed by atoms with E-state index in [9.17, 15) is 13.6 Å². The van der Waals surface area contributed by atoms with E-state index in [0.717, 1.165) is 6.07 Å². The lowest BCUT2D eigenvalue weighted by atomic mass is 10.1. The second kappa shape index (κ2) is 9.20. The Labute approximate surface area is 154 Å². The zero-order chi connectivity index (χ0) is 19.8. The minimum absolute atomic E-state index is 0.0209. The lowest BCUT2D eigenvalue weighted by molar-refractivity contribution is 0.0916. The number of halogens is 2. The third-order valence-electron chi connectivity index (χ3n) is 3.30. The maximum absolute atomic E-state index is 13.3. The highest BCUT2D eigenvalue weighted by molar-refractivity contribution is 5.89. The second-order valence-corrected chi connectivity index (χ2v) is 5.03. The molecule has 6 nitrogen and oxygen atoms in total. The van der Waals surface area contributed by atoms with E-state index in [1.54, 1.807) is 12.1 Å². The predicted molar refractivity (Wildman–Crippen MR) is 93.3 cm³/mol. The average molecular weight is 370 g/mol. The van der Waals surface area contributed by atoms with Crippen LogP contribution >= 0.6 is 0 Å². The number of nitrogens with zero attached hydrogens (tertiary/aromatic N) is 3. The Morgan fingerprint density at radius 3 is 2.67 bits per heavy atom. The first-order valence-electron chi connectivity index (χ1n) is 8.13. The summed E-state index contributed by atoms with van der Waals surface area (Å²) in [7, 11) is 0. The van der Waals surface area contributed by atoms with Gasteiger partial charge in [-0.1, -0.05) is 26.0 Å². The smallest absolute Gasteiger partial charge is 0.309 e. The number of hydrogen-bond acceptors (Lipinski definition) is 5. The average Bonchev–Trinajstić information content (AvgIpc) is 3.18. The van der Waals surface area contributed by atoms with Crippen LogP contribution in [0.1, 0.15) is 35.7 Å². The van der Waals surface area contributed by atoms with Gasteiger partial charge in [0, 0.05) is 12.1 Å². The van der Waals surface area contributed by atoms with Crippen LogP contribution in [-0.2, 0) is 6.54 Å². The van der Waals surface area contributed by atoms with E-state index in [-0.39, 0.29) is 23.9 Å². The molecule has 0 aliphatic rings. The number of carbonyl (C=O) groups is 1. The number of amides is 1. The maximum Gasteiger partial charge on any atom is 0.309 e. The first kappa shape index (κ1) is 19.7. The first-order valence-corrected chi connectivity index (χ1v) is 8.13. The topological polar surface area (TPSA) is 91.8 Å². The molecular formula is C19H16F2N4O2. The molecule has 1 N–H and O–H groups in total. The van der Waals surface area contributed by atoms with Gasteiger partial charge >= 0.3 is 11.8 Å². The summed E-state index contributed by atoms with van der Waals surface area (Å²) in [4.78, 5) is 12.0. The first-order chi connectivity index (χ1) is 13.1. The highest BCUT2D eigenvalue weighted by atomic mass is 19.1. The molecule has 0 spiro atoms. The molecule has 0 aliphatic heterocycles. The van der Waals surface area contributed by atoms with Gasteiger partial charge in [0.1, 0.15) is 17.7 Å². The fourth-order valence-electron chi connectivity index (χ4n) is 2.08. The Bertz CT molecular complexity index is 980. The summed E-state index contributed by atoms with van der Waals surface area (Å²) in [5.74, 6) is -2.03. The number of aromatic nitrogens is 2. The fourth-order valence-corrected chi connectivity index (χ4v) is 2.08. The van der Waals surface area contributed by atoms with Gasteiger partial charge in [0.2, 0.25) is 5.89 Å². The molecule has 3 aromatic rings. The zero-order valence-electron chi connectivity index (χ0n) is 14.7. The van der Waals surface area contributed by atoms with E-state index in [2.05, 4.69) is 15.5 Å². The van der Waals surface area contributed by atoms with Gasteiger partial charge in [-0.3, -0.25) is 4.79 Å². The monoisotopic (exact) mass is 370 g/mol. The van der Waals surface area contributed by atoms with Crippen LogP contribution < -0.4 is 5.32 Å². The fraction of sp³-hybridized carbons (Fsp3) is 0.158. The molecule has 1 amide bonds. The van der Waals surface area contributed by atoms with E-state index in [1.165, 1.54) is 30.3 Å². The van der Waals surface area contributed by atoms with Gasteiger partial charge < -0.3 is 9.73 Å². The van der Waals surface area contributed by atoms with Gasteiger partial charge in [-0.25, -0.2) is 8.78 Å². The number of rotatable bonds is 4. The number of nitriles is 1. The minimum Gasteiger partial charge on any atom is -0.412 e. The molecule has 8 heteroatoms. The van der Waals surface area contributed by atoms with Crippen LogP contribution in [0.5, 0.6) is 0 Å². The van der Waals surface area contributed by atoms with Crippen molar-refractivity contribution in [3.8, 4) is 17.5 Å². The van der Waals surface area contributed by atoms with Crippen molar-refractivity contribution in [2.24, 2.45) is 0 Å². The van der Waals surface area contributed by atoms with Crippen LogP contribution in [0.25, 0.3) is 11.5 Å². The number of hydrogen-bond donors (Lipinski definition) is 1. The molecular weight excluding hydrogens is 354 g/mol. The Hall–Kier alpha value is -3.60. The lowest BCUT2D eigenvalue weighted by Crippen LogP contribution is -2.23. The Kier molecular flexibility index (Phi) is 6.72. The molecule has 27 heavy (non-hydrogen) atoms. The van der Waals surface area contributed by atoms with E-state index in [1.807, 2.05) is 13.8 Å². The zero-order valence-corrected chi connectivity index (χ0v) is 14.7. The summed E-state index contributed by atoms with van der Waals surface area (Å²) in [5.41, 5.74) is 0.715. The number of benzene rings is 2. The van der Waals surface area contributed by atoms with Crippen LogP contribution in [0.4, 0.5) is 8.78 Å². The third-order valence-corrected chi connectivity index (χ3v) is 3.30. The second-order valence-electron chi connectivity index (χ2n) is 5.03. The normalized spacial score (nSPS) is 9.74. The predicted octanol–water partition coefficient (Wildman–Crippen LogP) is 3.84. The van der Waals surface area contributed by atoms with Crippen molar-refractivity contribution in [2.45, 2.75) is 20.4 Å². The van der Waals surface area contributed by atoms with Gasteiger partial charge in [-0.2, -0.15) is 5.26 Å². The molecule has 0 saturated heterocycles. The molecule has 1 heterocycles. The van der Waals surface area contributed by atoms with Crippen molar-refractivity contribution < 1.29 is 18.0 Å². The maximum atomic E-state index is 13.3. The SMILES string of the molecule is CC.N#Cc1cc(-c2nnc(C(=O)NCc3cccc(F)c3)o2)ccc1F. The summed E-state index contributed by atoms with van der Waals surface area (Å²) in [6.45, 7) is 4.09. The van der Waals surface area contributed by atoms with Gasteiger partial charge in [-0.05, 0) is 35.9 Å².